The molecule has 40 heavy (non-hydrogen) atoms. The lowest BCUT2D eigenvalue weighted by molar-refractivity contribution is 0.0270. The fraction of sp³-hybridized carbons (Fsp3) is 0.387. The highest BCUT2D eigenvalue weighted by atomic mass is 16.6. The van der Waals surface area contributed by atoms with E-state index >= 15 is 0 Å². The van der Waals surface area contributed by atoms with Crippen LogP contribution in [0.5, 0.6) is 0 Å². The Morgan fingerprint density at radius 3 is 2.25 bits per heavy atom. The Labute approximate surface area is 233 Å². The van der Waals surface area contributed by atoms with Crippen LogP contribution in [0.3, 0.4) is 0 Å². The van der Waals surface area contributed by atoms with Gasteiger partial charge in [-0.1, -0.05) is 48.5 Å². The van der Waals surface area contributed by atoms with Gasteiger partial charge >= 0.3 is 18.2 Å². The second-order valence-electron chi connectivity index (χ2n) is 11.3. The highest BCUT2D eigenvalue weighted by Gasteiger charge is 2.37. The van der Waals surface area contributed by atoms with E-state index in [9.17, 15) is 19.5 Å². The standard InChI is InChI=1S/C31H34N2O7/c1-19-26(28(34)35)15-21(39-19)17-33(20-13-14-32(16-20)29(36)40-31(2,3)4)30(37)38-18-27-24-11-7-5-9-22(24)23-10-6-8-12-25(23)27/h5-12,15,20,27H,13-14,16-18H2,1-4H3,(H,34,35). The number of hydrogen-bond donors (Lipinski definition) is 1. The molecule has 1 fully saturated rings. The molecule has 1 N–H and O–H groups in total. The van der Waals surface area contributed by atoms with Gasteiger partial charge in [-0.2, -0.15) is 0 Å². The summed E-state index contributed by atoms with van der Waals surface area (Å²) in [6.45, 7) is 7.84. The van der Waals surface area contributed by atoms with Crippen molar-refractivity contribution in [3.05, 3.63) is 82.8 Å². The van der Waals surface area contributed by atoms with Crippen LogP contribution in [0, 0.1) is 6.92 Å². The van der Waals surface area contributed by atoms with Crippen molar-refractivity contribution >= 4 is 18.2 Å². The van der Waals surface area contributed by atoms with Crippen LogP contribution in [0.2, 0.25) is 0 Å². The molecule has 1 aliphatic carbocycles. The third-order valence-electron chi connectivity index (χ3n) is 7.35. The summed E-state index contributed by atoms with van der Waals surface area (Å²) in [5, 5.41) is 9.46. The molecule has 1 atom stereocenters. The smallest absolute Gasteiger partial charge is 0.410 e. The Morgan fingerprint density at radius 1 is 1.05 bits per heavy atom. The molecule has 3 aromatic rings. The van der Waals surface area contributed by atoms with Crippen LogP contribution in [0.1, 0.15) is 66.1 Å². The first-order valence-electron chi connectivity index (χ1n) is 13.4. The summed E-state index contributed by atoms with van der Waals surface area (Å²) < 4.78 is 17.2. The Morgan fingerprint density at radius 2 is 1.68 bits per heavy atom. The van der Waals surface area contributed by atoms with Crippen molar-refractivity contribution in [2.45, 2.75) is 58.2 Å². The van der Waals surface area contributed by atoms with E-state index in [1.165, 1.54) is 11.0 Å². The predicted octanol–water partition coefficient (Wildman–Crippen LogP) is 6.05. The third kappa shape index (κ3) is 5.54. The Kier molecular flexibility index (Phi) is 7.31. The van der Waals surface area contributed by atoms with Crippen molar-refractivity contribution in [3.8, 4) is 11.1 Å². The summed E-state index contributed by atoms with van der Waals surface area (Å²) in [7, 11) is 0. The van der Waals surface area contributed by atoms with E-state index < -0.39 is 23.8 Å². The van der Waals surface area contributed by atoms with Crippen LogP contribution >= 0.6 is 0 Å². The number of carbonyl (C=O) groups is 3. The average molecular weight is 547 g/mol. The van der Waals surface area contributed by atoms with Crippen LogP contribution in [0.4, 0.5) is 9.59 Å². The van der Waals surface area contributed by atoms with E-state index in [1.807, 2.05) is 24.3 Å². The molecule has 0 spiro atoms. The summed E-state index contributed by atoms with van der Waals surface area (Å²) in [6, 6.07) is 17.3. The van der Waals surface area contributed by atoms with Crippen LogP contribution in [0.25, 0.3) is 11.1 Å². The quantitative estimate of drug-likeness (QED) is 0.401. The van der Waals surface area contributed by atoms with Crippen molar-refractivity contribution in [3.63, 3.8) is 0 Å². The zero-order valence-electron chi connectivity index (χ0n) is 23.2. The summed E-state index contributed by atoms with van der Waals surface area (Å²) in [6.07, 6.45) is -0.470. The minimum absolute atomic E-state index is 0.0115. The van der Waals surface area contributed by atoms with E-state index in [0.29, 0.717) is 18.7 Å². The number of hydrogen-bond acceptors (Lipinski definition) is 6. The monoisotopic (exact) mass is 546 g/mol. The number of aromatic carboxylic acids is 1. The first-order chi connectivity index (χ1) is 19.0. The summed E-state index contributed by atoms with van der Waals surface area (Å²) in [5.41, 5.74) is 3.88. The maximum Gasteiger partial charge on any atom is 0.410 e. The van der Waals surface area contributed by atoms with Gasteiger partial charge in [-0.05, 0) is 62.4 Å². The molecule has 2 aliphatic rings. The fourth-order valence-electron chi connectivity index (χ4n) is 5.51. The zero-order chi connectivity index (χ0) is 28.6. The Bertz CT molecular complexity index is 1390. The second kappa shape index (κ2) is 10.7. The topological polar surface area (TPSA) is 110 Å². The van der Waals surface area contributed by atoms with Crippen molar-refractivity contribution in [2.75, 3.05) is 19.7 Å². The van der Waals surface area contributed by atoms with Crippen LogP contribution in [-0.4, -0.2) is 64.4 Å². The number of benzene rings is 2. The number of ether oxygens (including phenoxy) is 2. The molecule has 9 nitrogen and oxygen atoms in total. The molecule has 0 radical (unpaired) electrons. The summed E-state index contributed by atoms with van der Waals surface area (Å²) in [5.74, 6) is -0.613. The number of carboxylic acid groups (broad SMARTS) is 1. The lowest BCUT2D eigenvalue weighted by Gasteiger charge is -2.29. The third-order valence-corrected chi connectivity index (χ3v) is 7.35. The highest BCUT2D eigenvalue weighted by molar-refractivity contribution is 5.88. The molecule has 1 saturated heterocycles. The number of carboxylic acids is 1. The SMILES string of the molecule is Cc1oc(CN(C(=O)OCC2c3ccccc3-c3ccccc32)C2CCN(C(=O)OC(C)(C)C)C2)cc1C(=O)O. The summed E-state index contributed by atoms with van der Waals surface area (Å²) >= 11 is 0. The van der Waals surface area contributed by atoms with Gasteiger partial charge in [0.15, 0.2) is 0 Å². The van der Waals surface area contributed by atoms with Gasteiger partial charge in [0.25, 0.3) is 0 Å². The van der Waals surface area contributed by atoms with E-state index in [4.69, 9.17) is 13.9 Å². The fourth-order valence-corrected chi connectivity index (χ4v) is 5.51. The van der Waals surface area contributed by atoms with Gasteiger partial charge in [-0.15, -0.1) is 0 Å². The van der Waals surface area contributed by atoms with Gasteiger partial charge in [-0.25, -0.2) is 14.4 Å². The van der Waals surface area contributed by atoms with Crippen molar-refractivity contribution in [1.82, 2.24) is 9.80 Å². The summed E-state index contributed by atoms with van der Waals surface area (Å²) in [4.78, 5) is 41.0. The van der Waals surface area contributed by atoms with E-state index in [-0.39, 0.29) is 43.0 Å². The molecule has 2 heterocycles. The number of fused-ring (bicyclic) bond motifs is 3. The van der Waals surface area contributed by atoms with Crippen molar-refractivity contribution in [2.24, 2.45) is 0 Å². The number of aryl methyl sites for hydroxylation is 1. The highest BCUT2D eigenvalue weighted by Crippen LogP contribution is 2.44. The molecule has 9 heteroatoms. The predicted molar refractivity (Wildman–Crippen MR) is 147 cm³/mol. The molecule has 1 aromatic heterocycles. The Balaban J connectivity index is 1.36. The molecule has 5 rings (SSSR count). The molecule has 0 bridgehead atoms. The van der Waals surface area contributed by atoms with Gasteiger partial charge in [0.1, 0.15) is 29.3 Å². The van der Waals surface area contributed by atoms with Gasteiger partial charge in [0, 0.05) is 19.0 Å². The van der Waals surface area contributed by atoms with Gasteiger partial charge in [-0.3, -0.25) is 4.90 Å². The van der Waals surface area contributed by atoms with E-state index in [2.05, 4.69) is 24.3 Å². The first-order valence-corrected chi connectivity index (χ1v) is 13.4. The number of amides is 2. The first kappa shape index (κ1) is 27.3. The van der Waals surface area contributed by atoms with E-state index in [0.717, 1.165) is 22.3 Å². The van der Waals surface area contributed by atoms with E-state index in [1.54, 1.807) is 32.6 Å². The van der Waals surface area contributed by atoms with Crippen molar-refractivity contribution < 1.29 is 33.4 Å². The molecule has 0 saturated carbocycles. The minimum Gasteiger partial charge on any atom is -0.478 e. The number of likely N-dealkylation sites (tertiary alicyclic amines) is 1. The van der Waals surface area contributed by atoms with Crippen LogP contribution in [0.15, 0.2) is 59.0 Å². The molecule has 210 valence electrons. The maximum atomic E-state index is 13.7. The normalized spacial score (nSPS) is 16.4. The molecule has 1 unspecified atom stereocenters. The molecular formula is C31H34N2O7. The average Bonchev–Trinajstić information content (AvgIpc) is 3.61. The van der Waals surface area contributed by atoms with Crippen LogP contribution in [-0.2, 0) is 16.0 Å². The second-order valence-corrected chi connectivity index (χ2v) is 11.3. The lowest BCUT2D eigenvalue weighted by Crippen LogP contribution is -2.43. The number of carbonyl (C=O) groups excluding carboxylic acids is 2. The molecule has 2 aromatic carbocycles. The van der Waals surface area contributed by atoms with Gasteiger partial charge in [0.2, 0.25) is 0 Å². The molecule has 1 aliphatic heterocycles. The zero-order valence-corrected chi connectivity index (χ0v) is 23.2. The number of nitrogens with zero attached hydrogens (tertiary/aromatic N) is 2. The minimum atomic E-state index is -1.10. The molecule has 2 amide bonds. The lowest BCUT2D eigenvalue weighted by atomic mass is 9.98. The van der Waals surface area contributed by atoms with Gasteiger partial charge < -0.3 is 23.9 Å². The van der Waals surface area contributed by atoms with Crippen molar-refractivity contribution in [1.29, 1.82) is 0 Å². The van der Waals surface area contributed by atoms with Crippen LogP contribution < -0.4 is 0 Å². The number of rotatable bonds is 6. The van der Waals surface area contributed by atoms with Gasteiger partial charge in [0.05, 0.1) is 12.6 Å². The Hall–Kier alpha value is -4.27. The largest absolute Gasteiger partial charge is 0.478 e. The molecular weight excluding hydrogens is 512 g/mol. The maximum absolute atomic E-state index is 13.7. The number of furan rings is 1.